The predicted octanol–water partition coefficient (Wildman–Crippen LogP) is 2.00. The van der Waals surface area contributed by atoms with E-state index < -0.39 is 0 Å². The second-order valence-corrected chi connectivity index (χ2v) is 3.75. The van der Waals surface area contributed by atoms with Gasteiger partial charge in [0.2, 0.25) is 5.91 Å². The maximum Gasteiger partial charge on any atom is 0.239 e. The Hall–Kier alpha value is -1.71. The molecular weight excluding hydrogens is 207 g/mol. The van der Waals surface area contributed by atoms with Crippen LogP contribution >= 0.6 is 0 Å². The molecule has 1 N–H and O–H groups in total. The van der Waals surface area contributed by atoms with Crippen molar-refractivity contribution < 1.29 is 9.18 Å². The van der Waals surface area contributed by atoms with Gasteiger partial charge in [0.05, 0.1) is 5.71 Å². The standard InChI is InChI=1S/C12H13FN2O/c1-2-12(16)15-14-11-6-4-8-3-5-9(13)7-10(8)11/h3,5,7H,2,4,6H2,1H3,(H,15,16)/b14-11+. The highest BCUT2D eigenvalue weighted by molar-refractivity contribution is 6.04. The summed E-state index contributed by atoms with van der Waals surface area (Å²) in [5, 5.41) is 4.03. The third-order valence-corrected chi connectivity index (χ3v) is 2.65. The van der Waals surface area contributed by atoms with Crippen molar-refractivity contribution in [3.8, 4) is 0 Å². The van der Waals surface area contributed by atoms with E-state index in [0.717, 1.165) is 29.7 Å². The molecule has 0 heterocycles. The van der Waals surface area contributed by atoms with Crippen molar-refractivity contribution in [3.05, 3.63) is 35.1 Å². The van der Waals surface area contributed by atoms with E-state index in [2.05, 4.69) is 10.5 Å². The molecule has 0 aromatic heterocycles. The van der Waals surface area contributed by atoms with Crippen molar-refractivity contribution in [2.75, 3.05) is 0 Å². The van der Waals surface area contributed by atoms with Crippen LogP contribution in [0.3, 0.4) is 0 Å². The van der Waals surface area contributed by atoms with E-state index in [9.17, 15) is 9.18 Å². The van der Waals surface area contributed by atoms with Crippen molar-refractivity contribution in [2.45, 2.75) is 26.2 Å². The van der Waals surface area contributed by atoms with Crippen LogP contribution in [0.25, 0.3) is 0 Å². The molecule has 1 aliphatic carbocycles. The van der Waals surface area contributed by atoms with Gasteiger partial charge >= 0.3 is 0 Å². The summed E-state index contributed by atoms with van der Waals surface area (Å²) in [6, 6.07) is 4.69. The first-order valence-electron chi connectivity index (χ1n) is 5.35. The molecule has 84 valence electrons. The highest BCUT2D eigenvalue weighted by Crippen LogP contribution is 2.23. The number of benzene rings is 1. The van der Waals surface area contributed by atoms with Gasteiger partial charge in [0.1, 0.15) is 5.82 Å². The Balaban J connectivity index is 2.22. The van der Waals surface area contributed by atoms with Crippen LogP contribution in [0.1, 0.15) is 30.9 Å². The summed E-state index contributed by atoms with van der Waals surface area (Å²) in [5.74, 6) is -0.396. The average Bonchev–Trinajstić information content (AvgIpc) is 2.68. The van der Waals surface area contributed by atoms with Crippen LogP contribution in [-0.2, 0) is 11.2 Å². The second kappa shape index (κ2) is 4.43. The van der Waals surface area contributed by atoms with E-state index in [1.807, 2.05) is 0 Å². The molecule has 1 aromatic rings. The molecule has 16 heavy (non-hydrogen) atoms. The highest BCUT2D eigenvalue weighted by atomic mass is 19.1. The molecule has 0 bridgehead atoms. The monoisotopic (exact) mass is 220 g/mol. The van der Waals surface area contributed by atoms with Gasteiger partial charge in [-0.2, -0.15) is 5.10 Å². The molecule has 3 nitrogen and oxygen atoms in total. The van der Waals surface area contributed by atoms with Gasteiger partial charge in [-0.1, -0.05) is 13.0 Å². The van der Waals surface area contributed by atoms with Crippen LogP contribution in [0.2, 0.25) is 0 Å². The number of hydrogen-bond donors (Lipinski definition) is 1. The number of carbonyl (C=O) groups excluding carboxylic acids is 1. The topological polar surface area (TPSA) is 41.5 Å². The average molecular weight is 220 g/mol. The van der Waals surface area contributed by atoms with Gasteiger partial charge in [-0.25, -0.2) is 9.82 Å². The summed E-state index contributed by atoms with van der Waals surface area (Å²) in [5.41, 5.74) is 5.13. The fraction of sp³-hybridized carbons (Fsp3) is 0.333. The zero-order valence-corrected chi connectivity index (χ0v) is 9.09. The molecule has 4 heteroatoms. The third-order valence-electron chi connectivity index (χ3n) is 2.65. The molecule has 2 rings (SSSR count). The number of halogens is 1. The van der Waals surface area contributed by atoms with Gasteiger partial charge in [-0.15, -0.1) is 0 Å². The van der Waals surface area contributed by atoms with E-state index in [1.54, 1.807) is 13.0 Å². The van der Waals surface area contributed by atoms with Crippen LogP contribution in [0.4, 0.5) is 4.39 Å². The first kappa shape index (κ1) is 10.8. The van der Waals surface area contributed by atoms with Crippen LogP contribution in [0, 0.1) is 5.82 Å². The van der Waals surface area contributed by atoms with Crippen molar-refractivity contribution in [3.63, 3.8) is 0 Å². The van der Waals surface area contributed by atoms with Gasteiger partial charge in [0, 0.05) is 12.0 Å². The van der Waals surface area contributed by atoms with Crippen LogP contribution in [0.5, 0.6) is 0 Å². The van der Waals surface area contributed by atoms with Crippen LogP contribution < -0.4 is 5.43 Å². The fourth-order valence-electron chi connectivity index (χ4n) is 1.75. The Morgan fingerprint density at radius 3 is 3.06 bits per heavy atom. The van der Waals surface area contributed by atoms with E-state index in [-0.39, 0.29) is 11.7 Å². The van der Waals surface area contributed by atoms with Crippen molar-refractivity contribution in [1.82, 2.24) is 5.43 Å². The molecule has 0 radical (unpaired) electrons. The summed E-state index contributed by atoms with van der Waals surface area (Å²) in [4.78, 5) is 11.1. The summed E-state index contributed by atoms with van der Waals surface area (Å²) >= 11 is 0. The molecular formula is C12H13FN2O. The Morgan fingerprint density at radius 2 is 2.31 bits per heavy atom. The molecule has 0 aliphatic heterocycles. The quantitative estimate of drug-likeness (QED) is 0.761. The Morgan fingerprint density at radius 1 is 1.50 bits per heavy atom. The summed E-state index contributed by atoms with van der Waals surface area (Å²) in [6.45, 7) is 1.76. The fourth-order valence-corrected chi connectivity index (χ4v) is 1.75. The number of nitrogens with zero attached hydrogens (tertiary/aromatic N) is 1. The molecule has 1 amide bonds. The number of hydrazone groups is 1. The van der Waals surface area contributed by atoms with Crippen molar-refractivity contribution in [2.24, 2.45) is 5.10 Å². The van der Waals surface area contributed by atoms with E-state index in [0.29, 0.717) is 6.42 Å². The lowest BCUT2D eigenvalue weighted by atomic mass is 10.1. The summed E-state index contributed by atoms with van der Waals surface area (Å²) in [6.07, 6.45) is 2.01. The Bertz CT molecular complexity index is 454. The first-order valence-corrected chi connectivity index (χ1v) is 5.35. The highest BCUT2D eigenvalue weighted by Gasteiger charge is 2.18. The SMILES string of the molecule is CCC(=O)N/N=C1\CCc2ccc(F)cc21. The Kier molecular flexibility index (Phi) is 2.99. The minimum Gasteiger partial charge on any atom is -0.273 e. The zero-order valence-electron chi connectivity index (χ0n) is 9.09. The summed E-state index contributed by atoms with van der Waals surface area (Å²) < 4.78 is 13.1. The Labute approximate surface area is 93.4 Å². The number of carbonyl (C=O) groups is 1. The van der Waals surface area contributed by atoms with Gasteiger partial charge in [0.25, 0.3) is 0 Å². The maximum absolute atomic E-state index is 13.1. The second-order valence-electron chi connectivity index (χ2n) is 3.75. The third kappa shape index (κ3) is 2.10. The van der Waals surface area contributed by atoms with Gasteiger partial charge in [-0.3, -0.25) is 4.79 Å². The van der Waals surface area contributed by atoms with E-state index >= 15 is 0 Å². The summed E-state index contributed by atoms with van der Waals surface area (Å²) in [7, 11) is 0. The minimum absolute atomic E-state index is 0.127. The number of rotatable bonds is 2. The number of nitrogens with one attached hydrogen (secondary N) is 1. The number of fused-ring (bicyclic) bond motifs is 1. The van der Waals surface area contributed by atoms with E-state index in [1.165, 1.54) is 12.1 Å². The number of aryl methyl sites for hydroxylation is 1. The van der Waals surface area contributed by atoms with Crippen molar-refractivity contribution in [1.29, 1.82) is 0 Å². The lowest BCUT2D eigenvalue weighted by Crippen LogP contribution is -2.17. The normalized spacial score (nSPS) is 16.2. The predicted molar refractivity (Wildman–Crippen MR) is 59.7 cm³/mol. The number of amides is 1. The molecule has 0 fully saturated rings. The molecule has 0 spiro atoms. The van der Waals surface area contributed by atoms with Crippen molar-refractivity contribution >= 4 is 11.6 Å². The molecule has 0 unspecified atom stereocenters. The molecule has 0 saturated heterocycles. The molecule has 0 atom stereocenters. The first-order chi connectivity index (χ1) is 7.70. The molecule has 1 aromatic carbocycles. The lowest BCUT2D eigenvalue weighted by molar-refractivity contribution is -0.120. The number of hydrogen-bond acceptors (Lipinski definition) is 2. The van der Waals surface area contributed by atoms with Gasteiger partial charge in [-0.05, 0) is 30.5 Å². The van der Waals surface area contributed by atoms with Crippen LogP contribution in [0.15, 0.2) is 23.3 Å². The van der Waals surface area contributed by atoms with Gasteiger partial charge < -0.3 is 0 Å². The molecule has 0 saturated carbocycles. The maximum atomic E-state index is 13.1. The van der Waals surface area contributed by atoms with E-state index in [4.69, 9.17) is 0 Å². The lowest BCUT2D eigenvalue weighted by Gasteiger charge is -2.01. The minimum atomic E-state index is -0.268. The zero-order chi connectivity index (χ0) is 11.5. The molecule has 1 aliphatic rings. The largest absolute Gasteiger partial charge is 0.273 e. The van der Waals surface area contributed by atoms with Crippen LogP contribution in [-0.4, -0.2) is 11.6 Å². The smallest absolute Gasteiger partial charge is 0.239 e. The van der Waals surface area contributed by atoms with Gasteiger partial charge in [0.15, 0.2) is 0 Å².